The molecular formula is C21H40N8O7. The smallest absolute Gasteiger partial charge is 0.326 e. The van der Waals surface area contributed by atoms with E-state index in [4.69, 9.17) is 22.9 Å². The number of carboxylic acid groups (broad SMARTS) is 2. The van der Waals surface area contributed by atoms with Crippen LogP contribution in [0.2, 0.25) is 0 Å². The van der Waals surface area contributed by atoms with E-state index < -0.39 is 66.2 Å². The van der Waals surface area contributed by atoms with Crippen molar-refractivity contribution in [2.75, 3.05) is 13.1 Å². The zero-order valence-corrected chi connectivity index (χ0v) is 20.7. The summed E-state index contributed by atoms with van der Waals surface area (Å²) < 4.78 is 0. The molecule has 0 spiro atoms. The largest absolute Gasteiger partial charge is 0.481 e. The molecule has 0 aromatic carbocycles. The summed E-state index contributed by atoms with van der Waals surface area (Å²) in [6, 6.07) is -4.95. The minimum absolute atomic E-state index is 0.0242. The molecule has 15 heteroatoms. The van der Waals surface area contributed by atoms with E-state index in [1.165, 1.54) is 0 Å². The fourth-order valence-corrected chi connectivity index (χ4v) is 3.11. The fraction of sp³-hybridized carbons (Fsp3) is 0.714. The van der Waals surface area contributed by atoms with Gasteiger partial charge in [0.1, 0.15) is 18.1 Å². The van der Waals surface area contributed by atoms with Gasteiger partial charge in [-0.15, -0.1) is 0 Å². The van der Waals surface area contributed by atoms with E-state index in [1.54, 1.807) is 13.8 Å². The molecule has 0 aliphatic rings. The number of nitrogens with one attached hydrogen (secondary N) is 3. The molecule has 15 nitrogen and oxygen atoms in total. The SMILES string of the molecule is CC(C)C(NC(=O)C(CC(=O)O)NC(=O)C(N)CCCCN)C(=O)NC(CCCN=C(N)N)C(=O)O. The fourth-order valence-electron chi connectivity index (χ4n) is 3.11. The molecule has 0 aromatic heterocycles. The molecule has 0 fully saturated rings. The number of nitrogens with two attached hydrogens (primary N) is 4. The lowest BCUT2D eigenvalue weighted by Gasteiger charge is -2.26. The second kappa shape index (κ2) is 17.0. The molecule has 13 N–H and O–H groups in total. The first kappa shape index (κ1) is 32.5. The maximum absolute atomic E-state index is 12.8. The summed E-state index contributed by atoms with van der Waals surface area (Å²) in [7, 11) is 0. The quantitative estimate of drug-likeness (QED) is 0.0508. The molecule has 0 saturated carbocycles. The zero-order chi connectivity index (χ0) is 27.8. The van der Waals surface area contributed by atoms with Crippen molar-refractivity contribution < 1.29 is 34.2 Å². The van der Waals surface area contributed by atoms with Crippen molar-refractivity contribution in [1.82, 2.24) is 16.0 Å². The van der Waals surface area contributed by atoms with Gasteiger partial charge >= 0.3 is 11.9 Å². The number of guanidine groups is 1. The maximum atomic E-state index is 12.8. The molecule has 0 rings (SSSR count). The molecular weight excluding hydrogens is 476 g/mol. The van der Waals surface area contributed by atoms with Gasteiger partial charge in [0.25, 0.3) is 0 Å². The van der Waals surface area contributed by atoms with E-state index in [9.17, 15) is 34.2 Å². The summed E-state index contributed by atoms with van der Waals surface area (Å²) >= 11 is 0. The third-order valence-electron chi connectivity index (χ3n) is 5.12. The number of rotatable bonds is 18. The van der Waals surface area contributed by atoms with Crippen LogP contribution in [-0.2, 0) is 24.0 Å². The maximum Gasteiger partial charge on any atom is 0.326 e. The number of amides is 3. The van der Waals surface area contributed by atoms with Crippen molar-refractivity contribution in [1.29, 1.82) is 0 Å². The van der Waals surface area contributed by atoms with E-state index in [0.717, 1.165) is 0 Å². The third-order valence-corrected chi connectivity index (χ3v) is 5.12. The van der Waals surface area contributed by atoms with Crippen molar-refractivity contribution in [2.24, 2.45) is 33.8 Å². The molecule has 3 amide bonds. The van der Waals surface area contributed by atoms with Gasteiger partial charge in [0, 0.05) is 6.54 Å². The Bertz CT molecular complexity index is 786. The van der Waals surface area contributed by atoms with Crippen LogP contribution in [0.25, 0.3) is 0 Å². The van der Waals surface area contributed by atoms with Gasteiger partial charge in [0.15, 0.2) is 5.96 Å². The Morgan fingerprint density at radius 1 is 0.833 bits per heavy atom. The number of hydrogen-bond acceptors (Lipinski definition) is 8. The molecule has 206 valence electrons. The lowest BCUT2D eigenvalue weighted by molar-refractivity contribution is -0.143. The molecule has 0 bridgehead atoms. The number of carboxylic acids is 2. The number of unbranched alkanes of at least 4 members (excludes halogenated alkanes) is 1. The lowest BCUT2D eigenvalue weighted by Crippen LogP contribution is -2.58. The third kappa shape index (κ3) is 13.4. The van der Waals surface area contributed by atoms with Crippen molar-refractivity contribution >= 4 is 35.6 Å². The number of aliphatic carboxylic acids is 2. The Labute approximate surface area is 209 Å². The number of aliphatic imine (C=N–C) groups is 1. The van der Waals surface area contributed by atoms with E-state index in [1.807, 2.05) is 0 Å². The standard InChI is InChI=1S/C21H40N8O7/c1-11(2)16(19(34)27-13(20(35)36)7-5-9-26-21(24)25)29-18(33)14(10-15(30)31)28-17(32)12(23)6-3-4-8-22/h11-14,16H,3-10,22-23H2,1-2H3,(H,27,34)(H,28,32)(H,29,33)(H,30,31)(H,35,36)(H4,24,25,26). The van der Waals surface area contributed by atoms with Gasteiger partial charge in [0.2, 0.25) is 17.7 Å². The highest BCUT2D eigenvalue weighted by molar-refractivity contribution is 5.95. The van der Waals surface area contributed by atoms with Gasteiger partial charge in [-0.05, 0) is 38.1 Å². The highest BCUT2D eigenvalue weighted by atomic mass is 16.4. The van der Waals surface area contributed by atoms with Crippen LogP contribution in [0, 0.1) is 5.92 Å². The molecule has 0 saturated heterocycles. The van der Waals surface area contributed by atoms with Crippen molar-refractivity contribution in [3.05, 3.63) is 0 Å². The summed E-state index contributed by atoms with van der Waals surface area (Å²) in [6.07, 6.45) is 1.07. The van der Waals surface area contributed by atoms with Gasteiger partial charge in [-0.2, -0.15) is 0 Å². The minimum Gasteiger partial charge on any atom is -0.481 e. The number of nitrogens with zero attached hydrogens (tertiary/aromatic N) is 1. The van der Waals surface area contributed by atoms with Crippen molar-refractivity contribution in [2.45, 2.75) is 76.5 Å². The first-order chi connectivity index (χ1) is 16.8. The van der Waals surface area contributed by atoms with Gasteiger partial charge in [-0.1, -0.05) is 20.3 Å². The Morgan fingerprint density at radius 2 is 1.44 bits per heavy atom. The van der Waals surface area contributed by atoms with Crippen LogP contribution >= 0.6 is 0 Å². The topological polar surface area (TPSA) is 278 Å². The van der Waals surface area contributed by atoms with Gasteiger partial charge in [-0.25, -0.2) is 4.79 Å². The molecule has 0 aliphatic heterocycles. The number of carbonyl (C=O) groups excluding carboxylic acids is 3. The first-order valence-corrected chi connectivity index (χ1v) is 11.7. The van der Waals surface area contributed by atoms with Crippen LogP contribution in [0.4, 0.5) is 0 Å². The van der Waals surface area contributed by atoms with Crippen LogP contribution in [0.5, 0.6) is 0 Å². The Balaban J connectivity index is 5.33. The molecule has 0 radical (unpaired) electrons. The van der Waals surface area contributed by atoms with Crippen LogP contribution in [0.1, 0.15) is 52.4 Å². The first-order valence-electron chi connectivity index (χ1n) is 11.7. The minimum atomic E-state index is -1.50. The Kier molecular flexibility index (Phi) is 15.4. The highest BCUT2D eigenvalue weighted by Gasteiger charge is 2.32. The van der Waals surface area contributed by atoms with Gasteiger partial charge in [0.05, 0.1) is 12.5 Å². The summed E-state index contributed by atoms with van der Waals surface area (Å²) in [5.41, 5.74) is 21.7. The van der Waals surface area contributed by atoms with Crippen LogP contribution in [-0.4, -0.2) is 83.1 Å². The van der Waals surface area contributed by atoms with Crippen LogP contribution in [0.3, 0.4) is 0 Å². The average molecular weight is 517 g/mol. The summed E-state index contributed by atoms with van der Waals surface area (Å²) in [5, 5.41) is 25.7. The number of carbonyl (C=O) groups is 5. The predicted octanol–water partition coefficient (Wildman–Crippen LogP) is -2.83. The average Bonchev–Trinajstić information content (AvgIpc) is 2.77. The zero-order valence-electron chi connectivity index (χ0n) is 20.7. The molecule has 0 aromatic rings. The van der Waals surface area contributed by atoms with E-state index in [-0.39, 0.29) is 25.3 Å². The van der Waals surface area contributed by atoms with E-state index in [0.29, 0.717) is 25.8 Å². The van der Waals surface area contributed by atoms with Gasteiger partial charge in [-0.3, -0.25) is 24.2 Å². The van der Waals surface area contributed by atoms with Crippen molar-refractivity contribution in [3.8, 4) is 0 Å². The van der Waals surface area contributed by atoms with Gasteiger partial charge < -0.3 is 49.1 Å². The predicted molar refractivity (Wildman–Crippen MR) is 131 cm³/mol. The lowest BCUT2D eigenvalue weighted by atomic mass is 10.0. The molecule has 4 atom stereocenters. The Hall–Kier alpha value is -3.46. The summed E-state index contributed by atoms with van der Waals surface area (Å²) in [5.74, 6) is -5.71. The number of hydrogen-bond donors (Lipinski definition) is 9. The van der Waals surface area contributed by atoms with E-state index >= 15 is 0 Å². The summed E-state index contributed by atoms with van der Waals surface area (Å²) in [4.78, 5) is 64.6. The molecule has 36 heavy (non-hydrogen) atoms. The van der Waals surface area contributed by atoms with Crippen molar-refractivity contribution in [3.63, 3.8) is 0 Å². The molecule has 4 unspecified atom stereocenters. The summed E-state index contributed by atoms with van der Waals surface area (Å²) in [6.45, 7) is 3.81. The second-order valence-electron chi connectivity index (χ2n) is 8.63. The van der Waals surface area contributed by atoms with Crippen LogP contribution in [0.15, 0.2) is 4.99 Å². The highest BCUT2D eigenvalue weighted by Crippen LogP contribution is 2.07. The van der Waals surface area contributed by atoms with E-state index in [2.05, 4.69) is 20.9 Å². The Morgan fingerprint density at radius 3 is 1.94 bits per heavy atom. The monoisotopic (exact) mass is 516 g/mol. The molecule has 0 aliphatic carbocycles. The normalized spacial score (nSPS) is 14.1. The van der Waals surface area contributed by atoms with Crippen LogP contribution < -0.4 is 38.9 Å². The second-order valence-corrected chi connectivity index (χ2v) is 8.63. The molecule has 0 heterocycles.